The summed E-state index contributed by atoms with van der Waals surface area (Å²) in [5.74, 6) is 1.16. The maximum atomic E-state index is 13.3. The average molecular weight is 655 g/mol. The van der Waals surface area contributed by atoms with Crippen LogP contribution in [0.1, 0.15) is 45.8 Å². The number of hydrogen-bond acceptors (Lipinski definition) is 7. The third kappa shape index (κ3) is 5.43. The fourth-order valence-electron chi connectivity index (χ4n) is 6.50. The number of fused-ring (bicyclic) bond motifs is 8. The maximum Gasteiger partial charge on any atom is 0.354 e. The van der Waals surface area contributed by atoms with Crippen molar-refractivity contribution in [1.82, 2.24) is 29.3 Å². The van der Waals surface area contributed by atoms with Crippen LogP contribution in [0.25, 0.3) is 32.9 Å². The van der Waals surface area contributed by atoms with Gasteiger partial charge in [-0.05, 0) is 74.4 Å². The molecule has 4 heterocycles. The van der Waals surface area contributed by atoms with Crippen LogP contribution in [0.5, 0.6) is 5.75 Å². The second kappa shape index (κ2) is 12.5. The highest BCUT2D eigenvalue weighted by Crippen LogP contribution is 2.42. The first kappa shape index (κ1) is 30.4. The van der Waals surface area contributed by atoms with E-state index < -0.39 is 0 Å². The second-order valence-electron chi connectivity index (χ2n) is 11.7. The second-order valence-corrected chi connectivity index (χ2v) is 13.1. The van der Waals surface area contributed by atoms with Crippen LogP contribution in [0.2, 0.25) is 5.02 Å². The van der Waals surface area contributed by atoms with Gasteiger partial charge in [0.2, 0.25) is 0 Å². The molecule has 0 amide bonds. The van der Waals surface area contributed by atoms with Gasteiger partial charge in [-0.25, -0.2) is 4.79 Å². The van der Waals surface area contributed by atoms with Gasteiger partial charge in [0.1, 0.15) is 11.4 Å². The van der Waals surface area contributed by atoms with E-state index in [1.807, 2.05) is 53.7 Å². The van der Waals surface area contributed by atoms with E-state index in [1.54, 1.807) is 11.8 Å². The summed E-state index contributed by atoms with van der Waals surface area (Å²) in [6.45, 7) is 8.47. The first-order valence-electron chi connectivity index (χ1n) is 15.5. The van der Waals surface area contributed by atoms with Crippen LogP contribution in [-0.4, -0.2) is 49.0 Å². The topological polar surface area (TPSA) is 89.0 Å². The standard InChI is InChI=1S/C35H35ClN6O3S/c1-21-23(3)38-42-15-7-13-40-19-25(37-39-40)20-46-26-17-24-9-5-6-10-27(24)30(18-26)45-16-8-14-41-29-12-11-28(36)32(33(21)42)31(29)22(2)34(41)35(43)44-4/h5-6,9-12,17-19H,7-8,13-16,20H2,1-4H3. The van der Waals surface area contributed by atoms with Gasteiger partial charge in [0.25, 0.3) is 0 Å². The van der Waals surface area contributed by atoms with Gasteiger partial charge >= 0.3 is 5.97 Å². The van der Waals surface area contributed by atoms with E-state index >= 15 is 0 Å². The van der Waals surface area contributed by atoms with Gasteiger partial charge in [-0.1, -0.05) is 41.1 Å². The van der Waals surface area contributed by atoms with Crippen LogP contribution in [0.15, 0.2) is 59.6 Å². The molecule has 0 N–H and O–H groups in total. The number of aromatic nitrogens is 6. The number of hydrogen-bond donors (Lipinski definition) is 0. The normalized spacial score (nSPS) is 14.2. The molecule has 1 aliphatic heterocycles. The molecule has 0 spiro atoms. The van der Waals surface area contributed by atoms with Gasteiger partial charge in [-0.2, -0.15) is 5.10 Å². The predicted octanol–water partition coefficient (Wildman–Crippen LogP) is 7.78. The lowest BCUT2D eigenvalue weighted by molar-refractivity contribution is 0.0587. The van der Waals surface area contributed by atoms with Crippen LogP contribution in [0.4, 0.5) is 0 Å². The van der Waals surface area contributed by atoms with E-state index in [1.165, 1.54) is 7.11 Å². The number of carbonyl (C=O) groups excluding carboxylic acids is 1. The lowest BCUT2D eigenvalue weighted by atomic mass is 9.99. The number of aryl methyl sites for hydroxylation is 5. The molecule has 7 rings (SSSR count). The van der Waals surface area contributed by atoms with Crippen molar-refractivity contribution >= 4 is 51.0 Å². The Morgan fingerprint density at radius 2 is 1.87 bits per heavy atom. The molecule has 0 saturated heterocycles. The molecule has 0 fully saturated rings. The van der Waals surface area contributed by atoms with Crippen molar-refractivity contribution < 1.29 is 14.3 Å². The molecule has 0 aliphatic carbocycles. The van der Waals surface area contributed by atoms with Crippen LogP contribution in [0.3, 0.4) is 0 Å². The van der Waals surface area contributed by atoms with Gasteiger partial charge in [-0.3, -0.25) is 9.36 Å². The SMILES string of the molecule is COC(=O)c1c(C)c2c3c(Cl)ccc2n1CCCOc1cc(cc2ccccc12)SCc1cn(nn1)CCCn1nc(C)c(C)c1-3. The first-order valence-corrected chi connectivity index (χ1v) is 16.8. The van der Waals surface area contributed by atoms with Crippen molar-refractivity contribution in [2.24, 2.45) is 0 Å². The van der Waals surface area contributed by atoms with Crippen molar-refractivity contribution in [3.63, 3.8) is 0 Å². The molecule has 1 aliphatic rings. The van der Waals surface area contributed by atoms with Crippen LogP contribution in [-0.2, 0) is 30.1 Å². The molecular formula is C35H35ClN6O3S. The number of benzene rings is 3. The molecule has 9 nitrogen and oxygen atoms in total. The quantitative estimate of drug-likeness (QED) is 0.167. The number of thioether (sulfide) groups is 1. The minimum atomic E-state index is -0.379. The molecule has 3 aromatic carbocycles. The Morgan fingerprint density at radius 1 is 1.02 bits per heavy atom. The number of methoxy groups -OCH3 is 1. The maximum absolute atomic E-state index is 13.3. The third-order valence-corrected chi connectivity index (χ3v) is 10.1. The number of esters is 1. The number of halogens is 1. The summed E-state index contributed by atoms with van der Waals surface area (Å²) in [6, 6.07) is 16.5. The highest BCUT2D eigenvalue weighted by Gasteiger charge is 2.27. The molecule has 8 bridgehead atoms. The summed E-state index contributed by atoms with van der Waals surface area (Å²) in [6.07, 6.45) is 3.50. The van der Waals surface area contributed by atoms with Crippen LogP contribution < -0.4 is 4.74 Å². The van der Waals surface area contributed by atoms with Gasteiger partial charge in [-0.15, -0.1) is 16.9 Å². The zero-order chi connectivity index (χ0) is 31.9. The van der Waals surface area contributed by atoms with E-state index in [-0.39, 0.29) is 5.97 Å². The number of rotatable bonds is 1. The van der Waals surface area contributed by atoms with Crippen LogP contribution in [0, 0.1) is 20.8 Å². The predicted molar refractivity (Wildman–Crippen MR) is 182 cm³/mol. The number of carbonyl (C=O) groups is 1. The van der Waals surface area contributed by atoms with Crippen molar-refractivity contribution in [3.05, 3.63) is 88.0 Å². The lowest BCUT2D eigenvalue weighted by Gasteiger charge is -2.14. The Balaban J connectivity index is 1.36. The number of ether oxygens (including phenoxy) is 2. The largest absolute Gasteiger partial charge is 0.493 e. The molecular weight excluding hydrogens is 620 g/mol. The summed E-state index contributed by atoms with van der Waals surface area (Å²) >= 11 is 8.74. The molecule has 11 heteroatoms. The highest BCUT2D eigenvalue weighted by atomic mass is 35.5. The van der Waals surface area contributed by atoms with E-state index in [0.29, 0.717) is 49.1 Å². The van der Waals surface area contributed by atoms with Crippen LogP contribution >= 0.6 is 23.4 Å². The van der Waals surface area contributed by atoms with Crippen molar-refractivity contribution in [2.45, 2.75) is 63.9 Å². The van der Waals surface area contributed by atoms with E-state index in [0.717, 1.165) is 72.5 Å². The monoisotopic (exact) mass is 654 g/mol. The zero-order valence-electron chi connectivity index (χ0n) is 26.3. The Labute approximate surface area is 276 Å². The van der Waals surface area contributed by atoms with E-state index in [4.69, 9.17) is 26.2 Å². The Hall–Kier alpha value is -4.28. The van der Waals surface area contributed by atoms with Gasteiger partial charge < -0.3 is 14.0 Å². The third-order valence-electron chi connectivity index (χ3n) is 8.78. The average Bonchev–Trinajstić information content (AvgIpc) is 3.71. The lowest BCUT2D eigenvalue weighted by Crippen LogP contribution is -2.13. The van der Waals surface area contributed by atoms with Crippen molar-refractivity contribution in [2.75, 3.05) is 13.7 Å². The molecule has 46 heavy (non-hydrogen) atoms. The fourth-order valence-corrected chi connectivity index (χ4v) is 7.59. The molecule has 0 radical (unpaired) electrons. The Bertz CT molecular complexity index is 2110. The van der Waals surface area contributed by atoms with Crippen molar-refractivity contribution in [3.8, 4) is 17.0 Å². The Kier molecular flexibility index (Phi) is 8.25. The minimum Gasteiger partial charge on any atom is -0.493 e. The number of nitrogens with zero attached hydrogens (tertiary/aromatic N) is 6. The van der Waals surface area contributed by atoms with Gasteiger partial charge in [0, 0.05) is 58.3 Å². The summed E-state index contributed by atoms with van der Waals surface area (Å²) < 4.78 is 17.7. The molecule has 0 atom stereocenters. The Morgan fingerprint density at radius 3 is 2.72 bits per heavy atom. The highest BCUT2D eigenvalue weighted by molar-refractivity contribution is 7.98. The fraction of sp³-hybridized carbons (Fsp3) is 0.314. The molecule has 236 valence electrons. The molecule has 0 unspecified atom stereocenters. The minimum absolute atomic E-state index is 0.379. The summed E-state index contributed by atoms with van der Waals surface area (Å²) in [5, 5.41) is 17.5. The molecule has 6 aromatic rings. The first-order chi connectivity index (χ1) is 22.3. The summed E-state index contributed by atoms with van der Waals surface area (Å²) in [4.78, 5) is 14.4. The van der Waals surface area contributed by atoms with Gasteiger partial charge in [0.05, 0.1) is 35.8 Å². The van der Waals surface area contributed by atoms with Crippen molar-refractivity contribution in [1.29, 1.82) is 0 Å². The zero-order valence-corrected chi connectivity index (χ0v) is 27.9. The van der Waals surface area contributed by atoms with Gasteiger partial charge in [0.15, 0.2) is 0 Å². The molecule has 0 saturated carbocycles. The summed E-state index contributed by atoms with van der Waals surface area (Å²) in [5.41, 5.74) is 7.04. The summed E-state index contributed by atoms with van der Waals surface area (Å²) in [7, 11) is 1.42. The van der Waals surface area contributed by atoms with E-state index in [9.17, 15) is 4.79 Å². The van der Waals surface area contributed by atoms with E-state index in [2.05, 4.69) is 46.1 Å². The molecule has 3 aromatic heterocycles. The smallest absolute Gasteiger partial charge is 0.354 e.